The largest absolute Gasteiger partial charge is 0.463 e. The van der Waals surface area contributed by atoms with Crippen LogP contribution in [0.5, 0.6) is 0 Å². The Labute approximate surface area is 253 Å². The zero-order valence-corrected chi connectivity index (χ0v) is 25.1. The second kappa shape index (κ2) is 18.9. The van der Waals surface area contributed by atoms with Crippen LogP contribution in [0.2, 0.25) is 0 Å². The summed E-state index contributed by atoms with van der Waals surface area (Å²) in [5.74, 6) is -2.34. The fraction of sp³-hybridized carbons (Fsp3) is 0.424. The maximum Gasteiger partial charge on any atom is 0.408 e. The summed E-state index contributed by atoms with van der Waals surface area (Å²) < 4.78 is 10.3. The lowest BCUT2D eigenvalue weighted by atomic mass is 9.91. The van der Waals surface area contributed by atoms with Gasteiger partial charge in [0.2, 0.25) is 11.8 Å². The summed E-state index contributed by atoms with van der Waals surface area (Å²) in [6.45, 7) is 5.77. The summed E-state index contributed by atoms with van der Waals surface area (Å²) in [7, 11) is 0. The number of carbonyl (C=O) groups excluding carboxylic acids is 5. The molecule has 0 aliphatic carbocycles. The van der Waals surface area contributed by atoms with E-state index in [0.29, 0.717) is 6.42 Å². The zero-order chi connectivity index (χ0) is 31.6. The van der Waals surface area contributed by atoms with E-state index in [0.717, 1.165) is 11.1 Å². The number of esters is 1. The number of primary amides is 1. The van der Waals surface area contributed by atoms with Gasteiger partial charge in [-0.1, -0.05) is 80.6 Å². The molecule has 2 rings (SSSR count). The molecule has 3 amide bonds. The monoisotopic (exact) mass is 593 g/mol. The van der Waals surface area contributed by atoms with E-state index in [2.05, 4.69) is 10.6 Å². The summed E-state index contributed by atoms with van der Waals surface area (Å²) >= 11 is 0. The molecule has 0 fully saturated rings. The zero-order valence-electron chi connectivity index (χ0n) is 25.1. The third-order valence-electron chi connectivity index (χ3n) is 6.53. The van der Waals surface area contributed by atoms with Crippen LogP contribution < -0.4 is 16.4 Å². The van der Waals surface area contributed by atoms with Gasteiger partial charge in [0.05, 0.1) is 12.6 Å². The number of benzene rings is 2. The molecule has 43 heavy (non-hydrogen) atoms. The van der Waals surface area contributed by atoms with Gasteiger partial charge in [-0.25, -0.2) is 9.59 Å². The number of amides is 3. The molecule has 10 nitrogen and oxygen atoms in total. The van der Waals surface area contributed by atoms with Crippen molar-refractivity contribution in [3.63, 3.8) is 0 Å². The Bertz CT molecular complexity index is 1220. The van der Waals surface area contributed by atoms with Gasteiger partial charge in [0.1, 0.15) is 12.6 Å². The first-order valence-corrected chi connectivity index (χ1v) is 14.5. The van der Waals surface area contributed by atoms with E-state index in [1.807, 2.05) is 74.5 Å². The van der Waals surface area contributed by atoms with Gasteiger partial charge in [0.15, 0.2) is 5.78 Å². The number of allylic oxidation sites excluding steroid dienone is 1. The van der Waals surface area contributed by atoms with Crippen molar-refractivity contribution in [3.05, 3.63) is 83.9 Å². The van der Waals surface area contributed by atoms with Crippen LogP contribution in [0, 0.1) is 11.8 Å². The van der Waals surface area contributed by atoms with Crippen molar-refractivity contribution in [2.24, 2.45) is 17.6 Å². The molecule has 0 aliphatic rings. The first kappa shape index (κ1) is 34.7. The number of nitrogens with two attached hydrogens (primary N) is 1. The van der Waals surface area contributed by atoms with Crippen molar-refractivity contribution >= 4 is 29.7 Å². The van der Waals surface area contributed by atoms with Crippen LogP contribution in [-0.4, -0.2) is 48.4 Å². The molecule has 4 N–H and O–H groups in total. The van der Waals surface area contributed by atoms with E-state index in [9.17, 15) is 24.0 Å². The summed E-state index contributed by atoms with van der Waals surface area (Å²) in [6, 6.07) is 16.5. The first-order chi connectivity index (χ1) is 20.6. The summed E-state index contributed by atoms with van der Waals surface area (Å²) in [5.41, 5.74) is 6.96. The predicted molar refractivity (Wildman–Crippen MR) is 162 cm³/mol. The number of rotatable bonds is 18. The van der Waals surface area contributed by atoms with Crippen molar-refractivity contribution in [3.8, 4) is 0 Å². The molecule has 0 saturated heterocycles. The molecule has 2 aromatic carbocycles. The van der Waals surface area contributed by atoms with Crippen molar-refractivity contribution in [2.75, 3.05) is 6.61 Å². The Balaban J connectivity index is 2.20. The van der Waals surface area contributed by atoms with Crippen LogP contribution in [-0.2, 0) is 41.7 Å². The summed E-state index contributed by atoms with van der Waals surface area (Å²) in [6.07, 6.45) is 2.77. The van der Waals surface area contributed by atoms with Crippen molar-refractivity contribution in [1.82, 2.24) is 10.6 Å². The molecule has 0 aliphatic heterocycles. The number of nitrogens with one attached hydrogen (secondary N) is 2. The highest BCUT2D eigenvalue weighted by Gasteiger charge is 2.29. The molecule has 3 atom stereocenters. The predicted octanol–water partition coefficient (Wildman–Crippen LogP) is 4.02. The smallest absolute Gasteiger partial charge is 0.408 e. The maximum absolute atomic E-state index is 13.6. The topological polar surface area (TPSA) is 154 Å². The Kier molecular flexibility index (Phi) is 15.2. The second-order valence-corrected chi connectivity index (χ2v) is 10.7. The lowest BCUT2D eigenvalue weighted by Crippen LogP contribution is -2.52. The number of alkyl carbamates (subject to hydrolysis) is 1. The third-order valence-corrected chi connectivity index (χ3v) is 6.53. The van der Waals surface area contributed by atoms with E-state index in [1.54, 1.807) is 6.92 Å². The number of hydrogen-bond donors (Lipinski definition) is 3. The van der Waals surface area contributed by atoms with Gasteiger partial charge in [-0.3, -0.25) is 14.4 Å². The van der Waals surface area contributed by atoms with Gasteiger partial charge in [-0.15, -0.1) is 0 Å². The Morgan fingerprint density at radius 1 is 0.860 bits per heavy atom. The van der Waals surface area contributed by atoms with E-state index in [1.165, 1.54) is 12.2 Å². The standard InChI is InChI=1S/C33H43N3O7/c1-4-42-31(39)18-16-25(15-17-30(34)38)21-29(37)27(20-24-11-7-5-8-12-24)35-32(40)28(19-23(2)3)36-33(41)43-22-26-13-9-6-10-14-26/h5-14,16,18,23,25,27-28H,4,15,17,19-22H2,1-3H3,(H2,34,38)(H,35,40)(H,36,41)/b18-16+/t25-,27-,28-/m0/s1. The molecule has 0 radical (unpaired) electrons. The highest BCUT2D eigenvalue weighted by Crippen LogP contribution is 2.17. The molecule has 0 heterocycles. The fourth-order valence-corrected chi connectivity index (χ4v) is 4.38. The SMILES string of the molecule is CCOC(=O)/C=C/[C@H](CCC(N)=O)CC(=O)[C@H](Cc1ccccc1)NC(=O)[C@H](CC(C)C)NC(=O)OCc1ccccc1. The van der Waals surface area contributed by atoms with Gasteiger partial charge >= 0.3 is 12.1 Å². The molecule has 0 aromatic heterocycles. The average molecular weight is 594 g/mol. The third kappa shape index (κ3) is 14.3. The fourth-order valence-electron chi connectivity index (χ4n) is 4.38. The Morgan fingerprint density at radius 2 is 1.49 bits per heavy atom. The van der Waals surface area contributed by atoms with Crippen LogP contribution in [0.1, 0.15) is 57.6 Å². The highest BCUT2D eigenvalue weighted by molar-refractivity contribution is 5.92. The minimum absolute atomic E-state index is 0.0201. The highest BCUT2D eigenvalue weighted by atomic mass is 16.5. The minimum Gasteiger partial charge on any atom is -0.463 e. The van der Waals surface area contributed by atoms with E-state index in [-0.39, 0.29) is 50.6 Å². The van der Waals surface area contributed by atoms with Crippen LogP contribution in [0.3, 0.4) is 0 Å². The average Bonchev–Trinajstić information content (AvgIpc) is 2.97. The van der Waals surface area contributed by atoms with Crippen LogP contribution in [0.15, 0.2) is 72.8 Å². The molecule has 232 valence electrons. The van der Waals surface area contributed by atoms with E-state index in [4.69, 9.17) is 15.2 Å². The van der Waals surface area contributed by atoms with Gasteiger partial charge in [-0.05, 0) is 49.1 Å². The maximum atomic E-state index is 13.6. The molecular formula is C33H43N3O7. The molecule has 10 heteroatoms. The number of hydrogen-bond acceptors (Lipinski definition) is 7. The number of Topliss-reactive ketones (excluding diaryl/α,β-unsaturated/α-hetero) is 1. The second-order valence-electron chi connectivity index (χ2n) is 10.7. The summed E-state index contributed by atoms with van der Waals surface area (Å²) in [5, 5.41) is 5.49. The molecular weight excluding hydrogens is 550 g/mol. The first-order valence-electron chi connectivity index (χ1n) is 14.5. The van der Waals surface area contributed by atoms with Crippen LogP contribution >= 0.6 is 0 Å². The van der Waals surface area contributed by atoms with Gasteiger partial charge in [0, 0.05) is 18.9 Å². The Hall–Kier alpha value is -4.47. The molecule has 2 aromatic rings. The van der Waals surface area contributed by atoms with Crippen molar-refractivity contribution in [1.29, 1.82) is 0 Å². The Morgan fingerprint density at radius 3 is 2.07 bits per heavy atom. The van der Waals surface area contributed by atoms with Crippen LogP contribution in [0.4, 0.5) is 4.79 Å². The van der Waals surface area contributed by atoms with Crippen molar-refractivity contribution in [2.45, 2.75) is 71.6 Å². The molecule has 0 saturated carbocycles. The van der Waals surface area contributed by atoms with Gasteiger partial charge in [-0.2, -0.15) is 0 Å². The number of ether oxygens (including phenoxy) is 2. The number of ketones is 1. The normalized spacial score (nSPS) is 13.1. The molecule has 0 bridgehead atoms. The summed E-state index contributed by atoms with van der Waals surface area (Å²) in [4.78, 5) is 63.1. The lowest BCUT2D eigenvalue weighted by Gasteiger charge is -2.25. The van der Waals surface area contributed by atoms with E-state index < -0.39 is 41.9 Å². The lowest BCUT2D eigenvalue weighted by molar-refractivity contribution is -0.137. The quantitative estimate of drug-likeness (QED) is 0.174. The molecule has 0 spiro atoms. The van der Waals surface area contributed by atoms with Crippen molar-refractivity contribution < 1.29 is 33.4 Å². The molecule has 0 unspecified atom stereocenters. The van der Waals surface area contributed by atoms with Gasteiger partial charge < -0.3 is 25.8 Å². The minimum atomic E-state index is -0.941. The van der Waals surface area contributed by atoms with E-state index >= 15 is 0 Å². The van der Waals surface area contributed by atoms with Gasteiger partial charge in [0.25, 0.3) is 0 Å². The van der Waals surface area contributed by atoms with Crippen LogP contribution in [0.25, 0.3) is 0 Å². The number of carbonyl (C=O) groups is 5.